The van der Waals surface area contributed by atoms with Crippen LogP contribution in [0.1, 0.15) is 27.2 Å². The lowest BCUT2D eigenvalue weighted by atomic mass is 10.1. The number of thiazole rings is 1. The monoisotopic (exact) mass is 249 g/mol. The molecule has 0 aliphatic rings. The maximum atomic E-state index is 10.3. The molecule has 1 N–H and O–H groups in total. The van der Waals surface area contributed by atoms with E-state index in [0.717, 1.165) is 26.9 Å². The Hall–Kier alpha value is -1.39. The molecule has 17 heavy (non-hydrogen) atoms. The second kappa shape index (κ2) is 4.85. The van der Waals surface area contributed by atoms with Crippen LogP contribution in [0.25, 0.3) is 0 Å². The van der Waals surface area contributed by atoms with Gasteiger partial charge in [-0.15, -0.1) is 11.3 Å². The molecule has 0 radical (unpaired) electrons. The minimum atomic E-state index is -0.628. The summed E-state index contributed by atoms with van der Waals surface area (Å²) >= 11 is 1.53. The zero-order chi connectivity index (χ0) is 12.4. The van der Waals surface area contributed by atoms with Crippen molar-refractivity contribution in [3.63, 3.8) is 0 Å². The number of hydrogen-bond acceptors (Lipinski definition) is 4. The number of rotatable bonds is 3. The molecule has 0 amide bonds. The summed E-state index contributed by atoms with van der Waals surface area (Å²) in [5, 5.41) is 11.3. The number of benzene rings is 1. The molecule has 1 aromatic carbocycles. The van der Waals surface area contributed by atoms with Gasteiger partial charge in [0.05, 0.1) is 22.7 Å². The van der Waals surface area contributed by atoms with E-state index in [1.54, 1.807) is 7.11 Å². The third kappa shape index (κ3) is 2.48. The maximum absolute atomic E-state index is 10.3. The van der Waals surface area contributed by atoms with Gasteiger partial charge in [-0.1, -0.05) is 12.1 Å². The van der Waals surface area contributed by atoms with E-state index in [4.69, 9.17) is 4.74 Å². The summed E-state index contributed by atoms with van der Waals surface area (Å²) in [4.78, 5) is 5.23. The van der Waals surface area contributed by atoms with Crippen molar-refractivity contribution < 1.29 is 9.84 Å². The van der Waals surface area contributed by atoms with E-state index in [1.807, 2.05) is 38.1 Å². The van der Waals surface area contributed by atoms with Gasteiger partial charge in [-0.2, -0.15) is 0 Å². The van der Waals surface area contributed by atoms with E-state index in [1.165, 1.54) is 11.3 Å². The summed E-state index contributed by atoms with van der Waals surface area (Å²) in [5.41, 5.74) is 1.72. The largest absolute Gasteiger partial charge is 0.497 e. The number of aliphatic hydroxyl groups is 1. The predicted molar refractivity (Wildman–Crippen MR) is 68.6 cm³/mol. The molecule has 1 atom stereocenters. The maximum Gasteiger partial charge on any atom is 0.119 e. The van der Waals surface area contributed by atoms with E-state index < -0.39 is 6.10 Å². The van der Waals surface area contributed by atoms with Crippen molar-refractivity contribution in [2.75, 3.05) is 7.11 Å². The molecule has 0 spiro atoms. The Balaban J connectivity index is 2.36. The Bertz CT molecular complexity index is 522. The van der Waals surface area contributed by atoms with Crippen molar-refractivity contribution in [3.8, 4) is 5.75 Å². The molecule has 0 aliphatic heterocycles. The van der Waals surface area contributed by atoms with Crippen LogP contribution in [0, 0.1) is 13.8 Å². The average Bonchev–Trinajstić information content (AvgIpc) is 2.67. The van der Waals surface area contributed by atoms with Gasteiger partial charge in [0.1, 0.15) is 11.9 Å². The Labute approximate surface area is 105 Å². The second-order valence-electron chi connectivity index (χ2n) is 3.86. The summed E-state index contributed by atoms with van der Waals surface area (Å²) in [6.07, 6.45) is -0.628. The Morgan fingerprint density at radius 2 is 2.12 bits per heavy atom. The van der Waals surface area contributed by atoms with Crippen LogP contribution in [-0.2, 0) is 0 Å². The summed E-state index contributed by atoms with van der Waals surface area (Å²) in [7, 11) is 1.62. The number of methoxy groups -OCH3 is 1. The standard InChI is InChI=1S/C13H15NO2S/c1-8-13(17-9(2)14-8)12(15)10-5-4-6-11(7-10)16-3/h4-7,12,15H,1-3H3. The second-order valence-corrected chi connectivity index (χ2v) is 5.10. The van der Waals surface area contributed by atoms with Crippen molar-refractivity contribution in [2.45, 2.75) is 20.0 Å². The van der Waals surface area contributed by atoms with Gasteiger partial charge < -0.3 is 9.84 Å². The van der Waals surface area contributed by atoms with Gasteiger partial charge in [0, 0.05) is 0 Å². The highest BCUT2D eigenvalue weighted by Crippen LogP contribution is 2.31. The van der Waals surface area contributed by atoms with E-state index in [0.29, 0.717) is 0 Å². The molecule has 0 saturated heterocycles. The molecule has 1 unspecified atom stereocenters. The molecule has 1 aromatic heterocycles. The first-order valence-corrected chi connectivity index (χ1v) is 6.19. The molecule has 90 valence electrons. The van der Waals surface area contributed by atoms with E-state index in [2.05, 4.69) is 4.98 Å². The van der Waals surface area contributed by atoms with Gasteiger partial charge in [-0.3, -0.25) is 0 Å². The molecule has 0 aliphatic carbocycles. The highest BCUT2D eigenvalue weighted by Gasteiger charge is 2.17. The minimum absolute atomic E-state index is 0.628. The lowest BCUT2D eigenvalue weighted by molar-refractivity contribution is 0.222. The van der Waals surface area contributed by atoms with Crippen LogP contribution < -0.4 is 4.74 Å². The fraction of sp³-hybridized carbons (Fsp3) is 0.308. The molecule has 0 bridgehead atoms. The van der Waals surface area contributed by atoms with Crippen LogP contribution in [0.2, 0.25) is 0 Å². The lowest BCUT2D eigenvalue weighted by Gasteiger charge is -2.10. The van der Waals surface area contributed by atoms with Gasteiger partial charge in [0.25, 0.3) is 0 Å². The quantitative estimate of drug-likeness (QED) is 0.909. The number of ether oxygens (including phenoxy) is 1. The lowest BCUT2D eigenvalue weighted by Crippen LogP contribution is -1.99. The molecule has 1 heterocycles. The molecule has 0 saturated carbocycles. The number of nitrogens with zero attached hydrogens (tertiary/aromatic N) is 1. The zero-order valence-corrected chi connectivity index (χ0v) is 10.9. The van der Waals surface area contributed by atoms with Gasteiger partial charge >= 0.3 is 0 Å². The summed E-state index contributed by atoms with van der Waals surface area (Å²) < 4.78 is 5.15. The van der Waals surface area contributed by atoms with E-state index >= 15 is 0 Å². The van der Waals surface area contributed by atoms with Crippen molar-refractivity contribution in [1.82, 2.24) is 4.98 Å². The molecular formula is C13H15NO2S. The van der Waals surface area contributed by atoms with E-state index in [-0.39, 0.29) is 0 Å². The molecule has 3 nitrogen and oxygen atoms in total. The zero-order valence-electron chi connectivity index (χ0n) is 10.1. The Kier molecular flexibility index (Phi) is 3.45. The summed E-state index contributed by atoms with van der Waals surface area (Å²) in [6, 6.07) is 7.47. The molecule has 0 fully saturated rings. The molecular weight excluding hydrogens is 234 g/mol. The smallest absolute Gasteiger partial charge is 0.119 e. The van der Waals surface area contributed by atoms with Crippen LogP contribution in [-0.4, -0.2) is 17.2 Å². The molecule has 2 rings (SSSR count). The van der Waals surface area contributed by atoms with Crippen molar-refractivity contribution in [3.05, 3.63) is 45.4 Å². The Morgan fingerprint density at radius 3 is 2.71 bits per heavy atom. The fourth-order valence-corrected chi connectivity index (χ4v) is 2.71. The molecule has 4 heteroatoms. The minimum Gasteiger partial charge on any atom is -0.497 e. The van der Waals surface area contributed by atoms with Gasteiger partial charge in [0.15, 0.2) is 0 Å². The highest BCUT2D eigenvalue weighted by molar-refractivity contribution is 7.11. The first-order valence-electron chi connectivity index (χ1n) is 5.37. The van der Waals surface area contributed by atoms with Crippen LogP contribution in [0.5, 0.6) is 5.75 Å². The van der Waals surface area contributed by atoms with Crippen LogP contribution in [0.3, 0.4) is 0 Å². The SMILES string of the molecule is COc1cccc(C(O)c2sc(C)nc2C)c1. The highest BCUT2D eigenvalue weighted by atomic mass is 32.1. The van der Waals surface area contributed by atoms with E-state index in [9.17, 15) is 5.11 Å². The van der Waals surface area contributed by atoms with Gasteiger partial charge in [-0.05, 0) is 31.5 Å². The number of hydrogen-bond donors (Lipinski definition) is 1. The van der Waals surface area contributed by atoms with Crippen LogP contribution in [0.15, 0.2) is 24.3 Å². The van der Waals surface area contributed by atoms with Gasteiger partial charge in [-0.25, -0.2) is 4.98 Å². The summed E-state index contributed by atoms with van der Waals surface area (Å²) in [5.74, 6) is 0.750. The number of aromatic nitrogens is 1. The number of aryl methyl sites for hydroxylation is 2. The normalized spacial score (nSPS) is 12.5. The molecule has 2 aromatic rings. The van der Waals surface area contributed by atoms with Crippen molar-refractivity contribution in [1.29, 1.82) is 0 Å². The van der Waals surface area contributed by atoms with Crippen molar-refractivity contribution in [2.24, 2.45) is 0 Å². The fourth-order valence-electron chi connectivity index (χ4n) is 1.76. The third-order valence-electron chi connectivity index (χ3n) is 2.60. The summed E-state index contributed by atoms with van der Waals surface area (Å²) in [6.45, 7) is 3.86. The topological polar surface area (TPSA) is 42.4 Å². The third-order valence-corrected chi connectivity index (χ3v) is 3.72. The first kappa shape index (κ1) is 12.1. The number of aliphatic hydroxyl groups excluding tert-OH is 1. The van der Waals surface area contributed by atoms with Crippen molar-refractivity contribution >= 4 is 11.3 Å². The van der Waals surface area contributed by atoms with Gasteiger partial charge in [0.2, 0.25) is 0 Å². The first-order chi connectivity index (χ1) is 8.11. The van der Waals surface area contributed by atoms with Crippen LogP contribution >= 0.6 is 11.3 Å². The Morgan fingerprint density at radius 1 is 1.35 bits per heavy atom. The average molecular weight is 249 g/mol. The predicted octanol–water partition coefficient (Wildman–Crippen LogP) is 2.85. The van der Waals surface area contributed by atoms with Crippen LogP contribution in [0.4, 0.5) is 0 Å².